The Labute approximate surface area is 303 Å². The van der Waals surface area contributed by atoms with Crippen LogP contribution in [-0.2, 0) is 19.1 Å². The van der Waals surface area contributed by atoms with Crippen LogP contribution in [0.3, 0.4) is 0 Å². The molecule has 0 aromatic rings. The number of carbonyl (C=O) groups is 2. The van der Waals surface area contributed by atoms with E-state index in [1.54, 1.807) is 0 Å². The maximum Gasteiger partial charge on any atom is 0.306 e. The molecule has 5 nitrogen and oxygen atoms in total. The van der Waals surface area contributed by atoms with E-state index in [2.05, 4.69) is 62.5 Å². The topological polar surface area (TPSA) is 72.8 Å². The van der Waals surface area contributed by atoms with E-state index in [0.29, 0.717) is 12.8 Å². The standard InChI is InChI=1S/C44H78O5/c1-3-5-7-9-11-13-15-17-18-19-20-21-22-23-24-25-26-27-29-31-33-35-37-39-44(47)49-42(40-45)41-48-43(46)38-36-34-32-30-28-16-14-12-10-8-6-4-2/h12,14-15,17,19-20,22-23,42,45H,3-11,13,16,18,21,24-41H2,1-2H3/b14-12-,17-15-,20-19-,23-22-. The third-order valence-corrected chi connectivity index (χ3v) is 8.85. The lowest BCUT2D eigenvalue weighted by Gasteiger charge is -2.15. The van der Waals surface area contributed by atoms with Crippen LogP contribution in [-0.4, -0.2) is 36.4 Å². The second-order valence-corrected chi connectivity index (χ2v) is 13.7. The monoisotopic (exact) mass is 687 g/mol. The van der Waals surface area contributed by atoms with Crippen LogP contribution in [0.1, 0.15) is 200 Å². The Balaban J connectivity index is 3.57. The summed E-state index contributed by atoms with van der Waals surface area (Å²) in [4.78, 5) is 24.2. The number of allylic oxidation sites excluding steroid dienone is 8. The van der Waals surface area contributed by atoms with Gasteiger partial charge in [-0.15, -0.1) is 0 Å². The highest BCUT2D eigenvalue weighted by molar-refractivity contribution is 5.70. The molecule has 0 heterocycles. The van der Waals surface area contributed by atoms with Gasteiger partial charge >= 0.3 is 11.9 Å². The fourth-order valence-corrected chi connectivity index (χ4v) is 5.67. The molecule has 1 N–H and O–H groups in total. The maximum atomic E-state index is 12.2. The second-order valence-electron chi connectivity index (χ2n) is 13.7. The molecule has 0 aliphatic heterocycles. The number of hydrogen-bond donors (Lipinski definition) is 1. The predicted octanol–water partition coefficient (Wildman–Crippen LogP) is 13.0. The van der Waals surface area contributed by atoms with Crippen LogP contribution in [0.25, 0.3) is 0 Å². The molecule has 1 unspecified atom stereocenters. The number of unbranched alkanes of at least 4 members (excludes halogenated alkanes) is 21. The van der Waals surface area contributed by atoms with E-state index in [0.717, 1.165) is 57.8 Å². The summed E-state index contributed by atoms with van der Waals surface area (Å²) >= 11 is 0. The van der Waals surface area contributed by atoms with E-state index in [-0.39, 0.29) is 25.2 Å². The molecule has 0 fully saturated rings. The first-order valence-corrected chi connectivity index (χ1v) is 20.7. The normalized spacial score (nSPS) is 12.6. The summed E-state index contributed by atoms with van der Waals surface area (Å²) in [6.07, 6.45) is 50.3. The number of carbonyl (C=O) groups excluding carboxylic acids is 2. The quantitative estimate of drug-likeness (QED) is 0.0400. The predicted molar refractivity (Wildman–Crippen MR) is 210 cm³/mol. The van der Waals surface area contributed by atoms with Gasteiger partial charge in [-0.1, -0.05) is 159 Å². The van der Waals surface area contributed by atoms with Crippen LogP contribution in [0.15, 0.2) is 48.6 Å². The fourth-order valence-electron chi connectivity index (χ4n) is 5.67. The third-order valence-electron chi connectivity index (χ3n) is 8.85. The molecule has 0 spiro atoms. The lowest BCUT2D eigenvalue weighted by molar-refractivity contribution is -0.161. The van der Waals surface area contributed by atoms with Gasteiger partial charge in [-0.05, 0) is 77.0 Å². The largest absolute Gasteiger partial charge is 0.462 e. The highest BCUT2D eigenvalue weighted by atomic mass is 16.6. The van der Waals surface area contributed by atoms with Crippen molar-refractivity contribution < 1.29 is 24.2 Å². The summed E-state index contributed by atoms with van der Waals surface area (Å²) < 4.78 is 10.6. The first-order chi connectivity index (χ1) is 24.1. The molecular weight excluding hydrogens is 608 g/mol. The van der Waals surface area contributed by atoms with E-state index in [1.807, 2.05) is 0 Å². The van der Waals surface area contributed by atoms with Crippen molar-refractivity contribution in [3.8, 4) is 0 Å². The van der Waals surface area contributed by atoms with Crippen molar-refractivity contribution >= 4 is 11.9 Å². The van der Waals surface area contributed by atoms with Gasteiger partial charge in [0.1, 0.15) is 6.61 Å². The molecule has 0 aromatic carbocycles. The highest BCUT2D eigenvalue weighted by Gasteiger charge is 2.16. The van der Waals surface area contributed by atoms with Gasteiger partial charge in [0.05, 0.1) is 6.61 Å². The number of aliphatic hydroxyl groups is 1. The number of rotatable bonds is 37. The molecule has 0 aromatic heterocycles. The van der Waals surface area contributed by atoms with Gasteiger partial charge in [0, 0.05) is 12.8 Å². The molecule has 284 valence electrons. The lowest BCUT2D eigenvalue weighted by atomic mass is 10.1. The highest BCUT2D eigenvalue weighted by Crippen LogP contribution is 2.13. The minimum Gasteiger partial charge on any atom is -0.462 e. The molecule has 49 heavy (non-hydrogen) atoms. The Morgan fingerprint density at radius 1 is 0.469 bits per heavy atom. The molecule has 5 heteroatoms. The van der Waals surface area contributed by atoms with Gasteiger partial charge in [-0.2, -0.15) is 0 Å². The van der Waals surface area contributed by atoms with Crippen LogP contribution in [0.5, 0.6) is 0 Å². The van der Waals surface area contributed by atoms with Gasteiger partial charge in [0.2, 0.25) is 0 Å². The van der Waals surface area contributed by atoms with Crippen LogP contribution in [0, 0.1) is 0 Å². The summed E-state index contributed by atoms with van der Waals surface area (Å²) in [5.41, 5.74) is 0. The fraction of sp³-hybridized carbons (Fsp3) is 0.773. The summed E-state index contributed by atoms with van der Waals surface area (Å²) in [6, 6.07) is 0. The Morgan fingerprint density at radius 3 is 1.29 bits per heavy atom. The minimum absolute atomic E-state index is 0.0737. The first kappa shape index (κ1) is 46.9. The van der Waals surface area contributed by atoms with Crippen molar-refractivity contribution in [1.29, 1.82) is 0 Å². The first-order valence-electron chi connectivity index (χ1n) is 20.7. The second kappa shape index (κ2) is 40.3. The van der Waals surface area contributed by atoms with Crippen LogP contribution in [0.2, 0.25) is 0 Å². The zero-order chi connectivity index (χ0) is 35.7. The molecule has 1 atom stereocenters. The number of hydrogen-bond acceptors (Lipinski definition) is 5. The van der Waals surface area contributed by atoms with Crippen molar-refractivity contribution in [1.82, 2.24) is 0 Å². The van der Waals surface area contributed by atoms with Crippen molar-refractivity contribution in [2.45, 2.75) is 206 Å². The van der Waals surface area contributed by atoms with Crippen LogP contribution >= 0.6 is 0 Å². The van der Waals surface area contributed by atoms with E-state index >= 15 is 0 Å². The average molecular weight is 687 g/mol. The van der Waals surface area contributed by atoms with Crippen molar-refractivity contribution in [3.63, 3.8) is 0 Å². The van der Waals surface area contributed by atoms with Gasteiger partial charge in [-0.25, -0.2) is 0 Å². The Bertz CT molecular complexity index is 827. The van der Waals surface area contributed by atoms with E-state index < -0.39 is 6.10 Å². The number of esters is 2. The molecule has 0 saturated carbocycles. The van der Waals surface area contributed by atoms with Crippen molar-refractivity contribution in [3.05, 3.63) is 48.6 Å². The smallest absolute Gasteiger partial charge is 0.306 e. The van der Waals surface area contributed by atoms with Gasteiger partial charge < -0.3 is 14.6 Å². The number of aliphatic hydroxyl groups excluding tert-OH is 1. The molecular formula is C44H78O5. The van der Waals surface area contributed by atoms with Gasteiger partial charge in [0.15, 0.2) is 6.10 Å². The van der Waals surface area contributed by atoms with Gasteiger partial charge in [0.25, 0.3) is 0 Å². The molecule has 0 saturated heterocycles. The molecule has 0 aliphatic rings. The number of ether oxygens (including phenoxy) is 2. The van der Waals surface area contributed by atoms with Crippen molar-refractivity contribution in [2.75, 3.05) is 13.2 Å². The maximum absolute atomic E-state index is 12.2. The third kappa shape index (κ3) is 38.5. The molecule has 0 radical (unpaired) electrons. The van der Waals surface area contributed by atoms with E-state index in [1.165, 1.54) is 116 Å². The SMILES string of the molecule is CCCCC/C=C\CCCCCCCC(=O)OCC(CO)OC(=O)CCCCCCCCCC/C=C\C/C=C\C/C=C\CCCCCCC. The minimum atomic E-state index is -0.778. The lowest BCUT2D eigenvalue weighted by Crippen LogP contribution is -2.28. The molecule has 0 aliphatic carbocycles. The van der Waals surface area contributed by atoms with E-state index in [9.17, 15) is 14.7 Å². The Kier molecular flexibility index (Phi) is 38.5. The molecule has 0 amide bonds. The summed E-state index contributed by atoms with van der Waals surface area (Å²) in [5, 5.41) is 9.55. The summed E-state index contributed by atoms with van der Waals surface area (Å²) in [5.74, 6) is -0.610. The zero-order valence-corrected chi connectivity index (χ0v) is 32.2. The van der Waals surface area contributed by atoms with Crippen molar-refractivity contribution in [2.24, 2.45) is 0 Å². The zero-order valence-electron chi connectivity index (χ0n) is 32.2. The molecule has 0 rings (SSSR count). The summed E-state index contributed by atoms with van der Waals surface area (Å²) in [6.45, 7) is 4.08. The van der Waals surface area contributed by atoms with Crippen LogP contribution < -0.4 is 0 Å². The Hall–Kier alpha value is -2.14. The van der Waals surface area contributed by atoms with Gasteiger partial charge in [-0.3, -0.25) is 9.59 Å². The van der Waals surface area contributed by atoms with E-state index in [4.69, 9.17) is 9.47 Å². The average Bonchev–Trinajstić information content (AvgIpc) is 3.10. The Morgan fingerprint density at radius 2 is 0.816 bits per heavy atom. The molecule has 0 bridgehead atoms. The van der Waals surface area contributed by atoms with Crippen LogP contribution in [0.4, 0.5) is 0 Å². The summed E-state index contributed by atoms with van der Waals surface area (Å²) in [7, 11) is 0.